The van der Waals surface area contributed by atoms with Crippen molar-refractivity contribution in [3.05, 3.63) is 21.9 Å². The van der Waals surface area contributed by atoms with Crippen LogP contribution in [0.5, 0.6) is 0 Å². The largest absolute Gasteiger partial charge is 0.388 e. The number of aliphatic hydroxyl groups excluding tert-OH is 1. The Hall–Kier alpha value is -0.390. The van der Waals surface area contributed by atoms with Crippen molar-refractivity contribution < 1.29 is 13.5 Å². The quantitative estimate of drug-likeness (QED) is 0.919. The summed E-state index contributed by atoms with van der Waals surface area (Å²) in [6.45, 7) is 6.35. The van der Waals surface area contributed by atoms with Gasteiger partial charge in [-0.1, -0.05) is 20.8 Å². The fourth-order valence-corrected chi connectivity index (χ4v) is 3.14. The van der Waals surface area contributed by atoms with Gasteiger partial charge in [0.15, 0.2) is 0 Å². The van der Waals surface area contributed by atoms with Crippen molar-refractivity contribution in [1.82, 2.24) is 0 Å². The standard InChI is InChI=1S/C12H20O3S2/c1-12(2,3)11-6-5-10(16-11)9(13)7-8-17(4,14)15/h5-6,9,13H,7-8H2,1-4H3. The Morgan fingerprint density at radius 1 is 1.35 bits per heavy atom. The first-order chi connectivity index (χ1) is 7.59. The first-order valence-corrected chi connectivity index (χ1v) is 8.43. The number of thiophene rings is 1. The van der Waals surface area contributed by atoms with Crippen molar-refractivity contribution in [3.8, 4) is 0 Å². The third-order valence-corrected chi connectivity index (χ3v) is 5.05. The number of rotatable bonds is 4. The van der Waals surface area contributed by atoms with Crippen LogP contribution in [0.3, 0.4) is 0 Å². The van der Waals surface area contributed by atoms with E-state index in [-0.39, 0.29) is 17.6 Å². The van der Waals surface area contributed by atoms with Crippen molar-refractivity contribution in [3.63, 3.8) is 0 Å². The van der Waals surface area contributed by atoms with Gasteiger partial charge >= 0.3 is 0 Å². The minimum Gasteiger partial charge on any atom is -0.388 e. The maximum absolute atomic E-state index is 11.0. The van der Waals surface area contributed by atoms with Crippen LogP contribution < -0.4 is 0 Å². The zero-order valence-electron chi connectivity index (χ0n) is 10.7. The highest BCUT2D eigenvalue weighted by Crippen LogP contribution is 2.33. The van der Waals surface area contributed by atoms with Gasteiger partial charge in [0.05, 0.1) is 11.9 Å². The van der Waals surface area contributed by atoms with Gasteiger partial charge in [-0.15, -0.1) is 11.3 Å². The SMILES string of the molecule is CC(C)(C)c1ccc(C(O)CCS(C)(=O)=O)s1. The van der Waals surface area contributed by atoms with Crippen LogP contribution in [-0.2, 0) is 15.3 Å². The second-order valence-electron chi connectivity index (χ2n) is 5.39. The smallest absolute Gasteiger partial charge is 0.147 e. The minimum absolute atomic E-state index is 0.0247. The second-order valence-corrected chi connectivity index (χ2v) is 8.76. The van der Waals surface area contributed by atoms with Gasteiger partial charge in [0.2, 0.25) is 0 Å². The van der Waals surface area contributed by atoms with E-state index < -0.39 is 15.9 Å². The Kier molecular flexibility index (Phi) is 4.38. The van der Waals surface area contributed by atoms with E-state index in [1.54, 1.807) is 11.3 Å². The molecule has 0 aliphatic rings. The third kappa shape index (κ3) is 4.77. The molecule has 1 rings (SSSR count). The van der Waals surface area contributed by atoms with Crippen molar-refractivity contribution in [2.45, 2.75) is 38.7 Å². The van der Waals surface area contributed by atoms with Crippen LogP contribution in [0.4, 0.5) is 0 Å². The van der Waals surface area contributed by atoms with Crippen LogP contribution in [0, 0.1) is 0 Å². The zero-order valence-corrected chi connectivity index (χ0v) is 12.4. The van der Waals surface area contributed by atoms with E-state index in [4.69, 9.17) is 0 Å². The molecular formula is C12H20O3S2. The zero-order chi connectivity index (χ0) is 13.3. The summed E-state index contributed by atoms with van der Waals surface area (Å²) in [5, 5.41) is 9.91. The second kappa shape index (κ2) is 5.08. The van der Waals surface area contributed by atoms with Crippen LogP contribution in [0.25, 0.3) is 0 Å². The molecule has 17 heavy (non-hydrogen) atoms. The van der Waals surface area contributed by atoms with Gasteiger partial charge in [-0.2, -0.15) is 0 Å². The molecule has 1 aromatic heterocycles. The summed E-state index contributed by atoms with van der Waals surface area (Å²) in [5.74, 6) is 0.0247. The molecule has 0 aromatic carbocycles. The predicted molar refractivity (Wildman–Crippen MR) is 72.3 cm³/mol. The summed E-state index contributed by atoms with van der Waals surface area (Å²) < 4.78 is 22.0. The van der Waals surface area contributed by atoms with E-state index >= 15 is 0 Å². The van der Waals surface area contributed by atoms with E-state index in [9.17, 15) is 13.5 Å². The molecule has 0 aliphatic heterocycles. The van der Waals surface area contributed by atoms with Crippen LogP contribution in [0.2, 0.25) is 0 Å². The Morgan fingerprint density at radius 3 is 2.35 bits per heavy atom. The molecule has 0 fully saturated rings. The van der Waals surface area contributed by atoms with Gasteiger partial charge < -0.3 is 5.11 Å². The van der Waals surface area contributed by atoms with Crippen LogP contribution in [-0.4, -0.2) is 25.5 Å². The average Bonchev–Trinajstić information content (AvgIpc) is 2.60. The van der Waals surface area contributed by atoms with E-state index in [1.807, 2.05) is 12.1 Å². The summed E-state index contributed by atoms with van der Waals surface area (Å²) in [6.07, 6.45) is 0.781. The average molecular weight is 276 g/mol. The minimum atomic E-state index is -3.00. The van der Waals surface area contributed by atoms with Gasteiger partial charge in [-0.3, -0.25) is 0 Å². The molecule has 1 atom stereocenters. The summed E-state index contributed by atoms with van der Waals surface area (Å²) in [4.78, 5) is 2.05. The van der Waals surface area contributed by atoms with E-state index in [1.165, 1.54) is 11.1 Å². The lowest BCUT2D eigenvalue weighted by atomic mass is 9.95. The van der Waals surface area contributed by atoms with Gasteiger partial charge in [-0.05, 0) is 24.0 Å². The lowest BCUT2D eigenvalue weighted by molar-refractivity contribution is 0.178. The molecule has 1 heterocycles. The highest BCUT2D eigenvalue weighted by molar-refractivity contribution is 7.90. The maximum atomic E-state index is 11.0. The summed E-state index contributed by atoms with van der Waals surface area (Å²) in [5.41, 5.74) is 0.0689. The Balaban J connectivity index is 2.71. The first-order valence-electron chi connectivity index (χ1n) is 5.55. The molecule has 0 amide bonds. The molecule has 0 saturated heterocycles. The van der Waals surface area contributed by atoms with E-state index in [2.05, 4.69) is 20.8 Å². The van der Waals surface area contributed by atoms with E-state index in [0.29, 0.717) is 0 Å². The highest BCUT2D eigenvalue weighted by Gasteiger charge is 2.19. The Morgan fingerprint density at radius 2 is 1.94 bits per heavy atom. The molecule has 5 heteroatoms. The number of sulfone groups is 1. The maximum Gasteiger partial charge on any atom is 0.147 e. The normalized spacial score (nSPS) is 14.9. The van der Waals surface area contributed by atoms with Gasteiger partial charge in [-0.25, -0.2) is 8.42 Å². The molecule has 3 nitrogen and oxygen atoms in total. The lowest BCUT2D eigenvalue weighted by Crippen LogP contribution is -2.08. The van der Waals surface area contributed by atoms with Crippen LogP contribution in [0.1, 0.15) is 43.1 Å². The van der Waals surface area contributed by atoms with Crippen LogP contribution in [0.15, 0.2) is 12.1 Å². The molecule has 1 aromatic rings. The predicted octanol–water partition coefficient (Wildman–Crippen LogP) is 2.51. The molecule has 0 radical (unpaired) electrons. The Labute approximate surface area is 107 Å². The van der Waals surface area contributed by atoms with Gasteiger partial charge in [0.1, 0.15) is 9.84 Å². The number of hydrogen-bond acceptors (Lipinski definition) is 4. The van der Waals surface area contributed by atoms with Crippen molar-refractivity contribution >= 4 is 21.2 Å². The topological polar surface area (TPSA) is 54.4 Å². The van der Waals surface area contributed by atoms with Crippen LogP contribution >= 0.6 is 11.3 Å². The van der Waals surface area contributed by atoms with Crippen molar-refractivity contribution in [1.29, 1.82) is 0 Å². The molecule has 0 bridgehead atoms. The molecule has 0 saturated carbocycles. The molecule has 1 N–H and O–H groups in total. The third-order valence-electron chi connectivity index (χ3n) is 2.46. The highest BCUT2D eigenvalue weighted by atomic mass is 32.2. The summed E-state index contributed by atoms with van der Waals surface area (Å²) >= 11 is 1.55. The van der Waals surface area contributed by atoms with E-state index in [0.717, 1.165) is 4.88 Å². The molecule has 0 spiro atoms. The first kappa shape index (κ1) is 14.7. The molecular weight excluding hydrogens is 256 g/mol. The fraction of sp³-hybridized carbons (Fsp3) is 0.667. The number of aliphatic hydroxyl groups is 1. The summed E-state index contributed by atoms with van der Waals surface area (Å²) in [6, 6.07) is 3.89. The van der Waals surface area contributed by atoms with Crippen molar-refractivity contribution in [2.75, 3.05) is 12.0 Å². The molecule has 1 unspecified atom stereocenters. The number of hydrogen-bond donors (Lipinski definition) is 1. The Bertz CT molecular complexity index is 466. The molecule has 0 aliphatic carbocycles. The summed E-state index contributed by atoms with van der Waals surface area (Å²) in [7, 11) is -3.00. The molecule has 98 valence electrons. The fourth-order valence-electron chi connectivity index (χ4n) is 1.40. The van der Waals surface area contributed by atoms with Gasteiger partial charge in [0.25, 0.3) is 0 Å². The lowest BCUT2D eigenvalue weighted by Gasteiger charge is -2.15. The van der Waals surface area contributed by atoms with Gasteiger partial charge in [0, 0.05) is 16.0 Å². The monoisotopic (exact) mass is 276 g/mol. The van der Waals surface area contributed by atoms with Crippen molar-refractivity contribution in [2.24, 2.45) is 0 Å².